The molecule has 0 aromatic carbocycles. The minimum Gasteiger partial charge on any atom is -0.399 e. The first kappa shape index (κ1) is 14.6. The third-order valence-electron chi connectivity index (χ3n) is 3.84. The number of halogens is 3. The van der Waals surface area contributed by atoms with Gasteiger partial charge in [0.2, 0.25) is 0 Å². The van der Waals surface area contributed by atoms with Crippen LogP contribution in [0.3, 0.4) is 0 Å². The highest BCUT2D eigenvalue weighted by molar-refractivity contribution is 6.01. The van der Waals surface area contributed by atoms with Gasteiger partial charge in [-0.2, -0.15) is 18.3 Å². The van der Waals surface area contributed by atoms with Crippen LogP contribution in [-0.2, 0) is 0 Å². The van der Waals surface area contributed by atoms with Crippen molar-refractivity contribution >= 4 is 17.1 Å². The molecule has 1 amide bonds. The first-order valence-corrected chi connectivity index (χ1v) is 6.52. The second-order valence-corrected chi connectivity index (χ2v) is 5.35. The molecule has 3 rings (SSSR count). The van der Waals surface area contributed by atoms with Crippen LogP contribution in [0.25, 0.3) is 5.52 Å². The lowest BCUT2D eigenvalue weighted by molar-refractivity contribution is -0.253. The van der Waals surface area contributed by atoms with Gasteiger partial charge in [0.25, 0.3) is 5.91 Å². The number of nitrogens with two attached hydrogens (primary N) is 1. The number of β-amino-alcohol motifs (C(OH)–C–C–N with tert-alkyl or cyclic N) is 1. The van der Waals surface area contributed by atoms with E-state index in [0.29, 0.717) is 11.2 Å². The summed E-state index contributed by atoms with van der Waals surface area (Å²) in [4.78, 5) is 13.4. The van der Waals surface area contributed by atoms with Crippen molar-refractivity contribution in [2.24, 2.45) is 0 Å². The average molecular weight is 314 g/mol. The summed E-state index contributed by atoms with van der Waals surface area (Å²) in [5, 5.41) is 13.6. The molecule has 2 aromatic heterocycles. The number of carbonyl (C=O) groups is 1. The van der Waals surface area contributed by atoms with Gasteiger partial charge in [0.1, 0.15) is 0 Å². The van der Waals surface area contributed by atoms with Gasteiger partial charge in [-0.15, -0.1) is 0 Å². The van der Waals surface area contributed by atoms with Gasteiger partial charge < -0.3 is 15.7 Å². The minimum absolute atomic E-state index is 0.152. The van der Waals surface area contributed by atoms with Crippen molar-refractivity contribution in [1.29, 1.82) is 0 Å². The molecule has 2 aromatic rings. The smallest absolute Gasteiger partial charge is 0.399 e. The van der Waals surface area contributed by atoms with Crippen LogP contribution in [0.1, 0.15) is 16.8 Å². The van der Waals surface area contributed by atoms with Crippen LogP contribution in [0.4, 0.5) is 18.9 Å². The number of fused-ring (bicyclic) bond motifs is 1. The van der Waals surface area contributed by atoms with E-state index in [1.807, 2.05) is 0 Å². The first-order valence-electron chi connectivity index (χ1n) is 6.52. The fourth-order valence-electron chi connectivity index (χ4n) is 2.53. The Kier molecular flexibility index (Phi) is 3.06. The summed E-state index contributed by atoms with van der Waals surface area (Å²) in [6.07, 6.45) is -2.48. The van der Waals surface area contributed by atoms with Crippen molar-refractivity contribution in [3.8, 4) is 0 Å². The Hall–Kier alpha value is -2.29. The Morgan fingerprint density at radius 2 is 2.18 bits per heavy atom. The molecule has 1 saturated heterocycles. The monoisotopic (exact) mass is 314 g/mol. The first-order chi connectivity index (χ1) is 10.2. The predicted molar refractivity (Wildman–Crippen MR) is 71.1 cm³/mol. The van der Waals surface area contributed by atoms with E-state index in [1.165, 1.54) is 16.8 Å². The Bertz CT molecular complexity index is 742. The fraction of sp³-hybridized carbons (Fsp3) is 0.385. The molecule has 0 saturated carbocycles. The van der Waals surface area contributed by atoms with Crippen LogP contribution < -0.4 is 5.73 Å². The summed E-state index contributed by atoms with van der Waals surface area (Å²) < 4.78 is 39.8. The highest BCUT2D eigenvalue weighted by Gasteiger charge is 2.57. The third-order valence-corrected chi connectivity index (χ3v) is 3.84. The number of carbonyl (C=O) groups excluding carboxylic acids is 1. The van der Waals surface area contributed by atoms with Gasteiger partial charge in [0, 0.05) is 24.8 Å². The molecule has 1 unspecified atom stereocenters. The second-order valence-electron chi connectivity index (χ2n) is 5.35. The number of rotatable bonds is 1. The second kappa shape index (κ2) is 4.60. The van der Waals surface area contributed by atoms with E-state index in [0.717, 1.165) is 4.90 Å². The van der Waals surface area contributed by atoms with E-state index in [-0.39, 0.29) is 12.1 Å². The molecule has 0 aliphatic carbocycles. The number of hydrogen-bond donors (Lipinski definition) is 2. The molecule has 0 bridgehead atoms. The van der Waals surface area contributed by atoms with Crippen LogP contribution in [0, 0.1) is 0 Å². The lowest BCUT2D eigenvalue weighted by atomic mass is 10.0. The molecule has 3 heterocycles. The van der Waals surface area contributed by atoms with E-state index in [2.05, 4.69) is 5.10 Å². The van der Waals surface area contributed by atoms with Gasteiger partial charge in [-0.05, 0) is 12.1 Å². The number of nitrogen functional groups attached to an aromatic ring is 1. The van der Waals surface area contributed by atoms with Crippen LogP contribution in [0.15, 0.2) is 24.5 Å². The highest BCUT2D eigenvalue weighted by Crippen LogP contribution is 2.38. The third kappa shape index (κ3) is 2.17. The Morgan fingerprint density at radius 3 is 2.82 bits per heavy atom. The van der Waals surface area contributed by atoms with Crippen LogP contribution >= 0.6 is 0 Å². The lowest BCUT2D eigenvalue weighted by Crippen LogP contribution is -2.48. The van der Waals surface area contributed by atoms with Gasteiger partial charge in [0.15, 0.2) is 5.60 Å². The Morgan fingerprint density at radius 1 is 1.45 bits per heavy atom. The Labute approximate surface area is 122 Å². The number of nitrogens with zero attached hydrogens (tertiary/aromatic N) is 3. The molecule has 3 N–H and O–H groups in total. The molecule has 0 spiro atoms. The van der Waals surface area contributed by atoms with Gasteiger partial charge in [-0.1, -0.05) is 0 Å². The molecule has 1 fully saturated rings. The van der Waals surface area contributed by atoms with Crippen LogP contribution in [0.2, 0.25) is 0 Å². The summed E-state index contributed by atoms with van der Waals surface area (Å²) in [5.41, 5.74) is 3.77. The molecule has 22 heavy (non-hydrogen) atoms. The maximum absolute atomic E-state index is 12.8. The normalized spacial score (nSPS) is 22.5. The summed E-state index contributed by atoms with van der Waals surface area (Å²) in [5.74, 6) is -0.610. The molecule has 1 aliphatic heterocycles. The van der Waals surface area contributed by atoms with Crippen molar-refractivity contribution in [1.82, 2.24) is 14.5 Å². The summed E-state index contributed by atoms with van der Waals surface area (Å²) in [6, 6.07) is 3.11. The van der Waals surface area contributed by atoms with Gasteiger partial charge in [-0.25, -0.2) is 4.52 Å². The molecule has 118 valence electrons. The van der Waals surface area contributed by atoms with Gasteiger partial charge in [0.05, 0.1) is 23.8 Å². The van der Waals surface area contributed by atoms with Crippen LogP contribution in [-0.4, -0.2) is 50.4 Å². The van der Waals surface area contributed by atoms with Gasteiger partial charge >= 0.3 is 6.18 Å². The Balaban J connectivity index is 1.90. The largest absolute Gasteiger partial charge is 0.419 e. The van der Waals surface area contributed by atoms with E-state index in [4.69, 9.17) is 5.73 Å². The van der Waals surface area contributed by atoms with Crippen molar-refractivity contribution in [2.75, 3.05) is 18.8 Å². The van der Waals surface area contributed by atoms with Crippen LogP contribution in [0.5, 0.6) is 0 Å². The lowest BCUT2D eigenvalue weighted by Gasteiger charge is -2.25. The molecular formula is C13H13F3N4O2. The topological polar surface area (TPSA) is 83.9 Å². The molecular weight excluding hydrogens is 301 g/mol. The fourth-order valence-corrected chi connectivity index (χ4v) is 2.53. The zero-order valence-corrected chi connectivity index (χ0v) is 11.3. The molecule has 9 heteroatoms. The number of alkyl halides is 3. The number of aliphatic hydroxyl groups is 1. The minimum atomic E-state index is -4.77. The molecule has 0 radical (unpaired) electrons. The standard InChI is InChI=1S/C13H13F3N4O2/c14-13(15,16)12(22)2-4-19(7-12)11(21)9-6-18-20-3-1-8(17)5-10(9)20/h1,3,5-6,22H,2,4,7,17H2. The zero-order chi connectivity index (χ0) is 16.1. The number of anilines is 1. The van der Waals surface area contributed by atoms with Crippen molar-refractivity contribution in [3.05, 3.63) is 30.1 Å². The predicted octanol–water partition coefficient (Wildman–Crippen LogP) is 1.06. The maximum atomic E-state index is 12.8. The van der Waals surface area contributed by atoms with E-state index in [9.17, 15) is 23.1 Å². The quantitative estimate of drug-likeness (QED) is 0.824. The maximum Gasteiger partial charge on any atom is 0.419 e. The van der Waals surface area contributed by atoms with E-state index in [1.54, 1.807) is 12.3 Å². The SMILES string of the molecule is Nc1ccn2ncc(C(=O)N3CCC(O)(C(F)(F)F)C3)c2c1. The summed E-state index contributed by atoms with van der Waals surface area (Å²) >= 11 is 0. The van der Waals surface area contributed by atoms with Gasteiger partial charge in [-0.3, -0.25) is 4.79 Å². The number of amides is 1. The van der Waals surface area contributed by atoms with E-state index < -0.39 is 30.7 Å². The molecule has 6 nitrogen and oxygen atoms in total. The molecule has 1 atom stereocenters. The van der Waals surface area contributed by atoms with Crippen molar-refractivity contribution < 1.29 is 23.1 Å². The van der Waals surface area contributed by atoms with Crippen molar-refractivity contribution in [3.63, 3.8) is 0 Å². The number of aromatic nitrogens is 2. The molecule has 1 aliphatic rings. The summed E-state index contributed by atoms with van der Waals surface area (Å²) in [6.45, 7) is -0.955. The number of likely N-dealkylation sites (tertiary alicyclic amines) is 1. The van der Waals surface area contributed by atoms with E-state index >= 15 is 0 Å². The number of pyridine rings is 1. The average Bonchev–Trinajstić information content (AvgIpc) is 3.01. The summed E-state index contributed by atoms with van der Waals surface area (Å²) in [7, 11) is 0. The number of hydrogen-bond acceptors (Lipinski definition) is 4. The highest BCUT2D eigenvalue weighted by atomic mass is 19.4. The zero-order valence-electron chi connectivity index (χ0n) is 11.3. The van der Waals surface area contributed by atoms with Crippen molar-refractivity contribution in [2.45, 2.75) is 18.2 Å².